The lowest BCUT2D eigenvalue weighted by atomic mass is 10.1. The van der Waals surface area contributed by atoms with Gasteiger partial charge in [-0.05, 0) is 18.2 Å². The van der Waals surface area contributed by atoms with Gasteiger partial charge in [0, 0.05) is 17.7 Å². The van der Waals surface area contributed by atoms with Crippen molar-refractivity contribution in [3.05, 3.63) is 84.2 Å². The predicted molar refractivity (Wildman–Crippen MR) is 113 cm³/mol. The van der Waals surface area contributed by atoms with Crippen molar-refractivity contribution in [1.29, 1.82) is 0 Å². The number of nitrogens with one attached hydrogen (secondary N) is 2. The summed E-state index contributed by atoms with van der Waals surface area (Å²) in [6.07, 6.45) is -4.83. The van der Waals surface area contributed by atoms with Gasteiger partial charge < -0.3 is 15.2 Å². The van der Waals surface area contributed by atoms with Crippen LogP contribution in [0.2, 0.25) is 10.0 Å². The molecule has 0 bridgehead atoms. The van der Waals surface area contributed by atoms with Crippen molar-refractivity contribution in [1.82, 2.24) is 10.1 Å². The normalized spacial score (nSPS) is 11.7. The van der Waals surface area contributed by atoms with Gasteiger partial charge in [-0.25, -0.2) is 4.39 Å². The third kappa shape index (κ3) is 4.41. The summed E-state index contributed by atoms with van der Waals surface area (Å²) >= 11 is 12.1. The van der Waals surface area contributed by atoms with E-state index in [1.165, 1.54) is 24.3 Å². The molecule has 0 aliphatic rings. The van der Waals surface area contributed by atoms with E-state index in [9.17, 15) is 27.2 Å². The number of anilines is 3. The predicted octanol–water partition coefficient (Wildman–Crippen LogP) is 5.15. The number of hydrogen-bond acceptors (Lipinski definition) is 7. The second kappa shape index (κ2) is 8.49. The lowest BCUT2D eigenvalue weighted by Gasteiger charge is -2.16. The summed E-state index contributed by atoms with van der Waals surface area (Å²) in [7, 11) is 0. The monoisotopic (exact) mass is 500 g/mol. The van der Waals surface area contributed by atoms with E-state index in [-0.39, 0.29) is 44.8 Å². The molecule has 1 aromatic heterocycles. The first-order chi connectivity index (χ1) is 15.6. The Morgan fingerprint density at radius 1 is 0.970 bits per heavy atom. The summed E-state index contributed by atoms with van der Waals surface area (Å²) in [6.45, 7) is -0.206. The summed E-state index contributed by atoms with van der Waals surface area (Å²) < 4.78 is 56.4. The second-order valence-corrected chi connectivity index (χ2v) is 7.52. The van der Waals surface area contributed by atoms with Gasteiger partial charge >= 0.3 is 12.1 Å². The van der Waals surface area contributed by atoms with E-state index < -0.39 is 34.6 Å². The number of alkyl halides is 3. The summed E-state index contributed by atoms with van der Waals surface area (Å²) in [5, 5.41) is 9.02. The molecule has 4 aromatic rings. The van der Waals surface area contributed by atoms with Gasteiger partial charge in [0.1, 0.15) is 17.2 Å². The van der Waals surface area contributed by atoms with E-state index in [2.05, 4.69) is 25.3 Å². The summed E-state index contributed by atoms with van der Waals surface area (Å²) in [6, 6.07) is 8.15. The Hall–Kier alpha value is -3.44. The summed E-state index contributed by atoms with van der Waals surface area (Å²) in [5.41, 5.74) is -1.55. The Kier molecular flexibility index (Phi) is 5.85. The molecule has 1 heterocycles. The molecule has 0 unspecified atom stereocenters. The molecule has 4 rings (SSSR count). The third-order valence-corrected chi connectivity index (χ3v) is 5.19. The van der Waals surface area contributed by atoms with Crippen LogP contribution in [-0.2, 0) is 12.7 Å². The van der Waals surface area contributed by atoms with Crippen molar-refractivity contribution in [2.24, 2.45) is 0 Å². The van der Waals surface area contributed by atoms with Crippen LogP contribution in [0.5, 0.6) is 0 Å². The minimum absolute atomic E-state index is 0.0414. The van der Waals surface area contributed by atoms with Crippen LogP contribution in [0, 0.1) is 5.82 Å². The smallest absolute Gasteiger partial charge is 0.376 e. The highest BCUT2D eigenvalue weighted by atomic mass is 35.5. The van der Waals surface area contributed by atoms with Gasteiger partial charge in [0.05, 0.1) is 15.7 Å². The van der Waals surface area contributed by atoms with Crippen molar-refractivity contribution < 1.29 is 22.1 Å². The zero-order valence-electron chi connectivity index (χ0n) is 16.1. The molecule has 0 spiro atoms. The maximum absolute atomic E-state index is 14.5. The van der Waals surface area contributed by atoms with E-state index in [4.69, 9.17) is 23.2 Å². The molecule has 2 N–H and O–H groups in total. The number of para-hydroxylation sites is 1. The SMILES string of the molecule is O=c1c(NCc2ccc(-c3noc(C(F)(F)F)n3)cc2F)c(Nc2c(Cl)cccc2Cl)c1=O. The second-order valence-electron chi connectivity index (χ2n) is 6.71. The molecule has 0 saturated heterocycles. The van der Waals surface area contributed by atoms with Crippen LogP contribution in [0.25, 0.3) is 11.4 Å². The minimum Gasteiger partial charge on any atom is -0.376 e. The average molecular weight is 501 g/mol. The lowest BCUT2D eigenvalue weighted by molar-refractivity contribution is -0.159. The van der Waals surface area contributed by atoms with Crippen LogP contribution < -0.4 is 21.5 Å². The quantitative estimate of drug-likeness (QED) is 0.279. The Labute approximate surface area is 191 Å². The van der Waals surface area contributed by atoms with E-state index >= 15 is 0 Å². The Morgan fingerprint density at radius 3 is 2.24 bits per heavy atom. The van der Waals surface area contributed by atoms with Crippen molar-refractivity contribution in [2.45, 2.75) is 12.7 Å². The molecule has 0 amide bonds. The largest absolute Gasteiger partial charge is 0.471 e. The molecular weight excluding hydrogens is 491 g/mol. The van der Waals surface area contributed by atoms with Crippen LogP contribution in [0.3, 0.4) is 0 Å². The Balaban J connectivity index is 1.52. The van der Waals surface area contributed by atoms with Crippen LogP contribution >= 0.6 is 23.2 Å². The zero-order valence-corrected chi connectivity index (χ0v) is 17.6. The summed E-state index contributed by atoms with van der Waals surface area (Å²) in [4.78, 5) is 27.1. The Bertz CT molecular complexity index is 1410. The highest BCUT2D eigenvalue weighted by Gasteiger charge is 2.38. The molecule has 0 atom stereocenters. The van der Waals surface area contributed by atoms with E-state index in [0.717, 1.165) is 6.07 Å². The lowest BCUT2D eigenvalue weighted by Crippen LogP contribution is -2.36. The molecule has 0 aliphatic carbocycles. The molecular formula is C20H10Cl2F4N4O3. The first-order valence-electron chi connectivity index (χ1n) is 9.04. The highest BCUT2D eigenvalue weighted by molar-refractivity contribution is 6.39. The number of nitrogens with zero attached hydrogens (tertiary/aromatic N) is 2. The number of halogens is 6. The fraction of sp³-hybridized carbons (Fsp3) is 0.100. The zero-order chi connectivity index (χ0) is 23.9. The highest BCUT2D eigenvalue weighted by Crippen LogP contribution is 2.34. The molecule has 7 nitrogen and oxygen atoms in total. The van der Waals surface area contributed by atoms with Gasteiger partial charge in [-0.1, -0.05) is 46.6 Å². The van der Waals surface area contributed by atoms with Gasteiger partial charge in [-0.15, -0.1) is 0 Å². The van der Waals surface area contributed by atoms with Crippen molar-refractivity contribution >= 4 is 40.3 Å². The van der Waals surface area contributed by atoms with Crippen LogP contribution in [0.15, 0.2) is 50.5 Å². The molecule has 13 heteroatoms. The molecule has 0 aliphatic heterocycles. The van der Waals surface area contributed by atoms with Crippen molar-refractivity contribution in [2.75, 3.05) is 10.6 Å². The molecule has 170 valence electrons. The van der Waals surface area contributed by atoms with Gasteiger partial charge in [-0.2, -0.15) is 18.2 Å². The number of hydrogen-bond donors (Lipinski definition) is 2. The van der Waals surface area contributed by atoms with Crippen LogP contribution in [0.1, 0.15) is 11.5 Å². The van der Waals surface area contributed by atoms with Crippen LogP contribution in [0.4, 0.5) is 34.6 Å². The van der Waals surface area contributed by atoms with E-state index in [0.29, 0.717) is 0 Å². The standard InChI is InChI=1S/C20H10Cl2F4N4O3/c21-10-2-1-3-11(22)13(10)28-15-14(16(31)17(15)32)27-7-9-5-4-8(6-12(9)23)18-29-19(33-30-18)20(24,25)26/h1-6,27-28H,7H2. The Morgan fingerprint density at radius 2 is 1.64 bits per heavy atom. The van der Waals surface area contributed by atoms with Crippen molar-refractivity contribution in [3.8, 4) is 11.4 Å². The van der Waals surface area contributed by atoms with Gasteiger partial charge in [-0.3, -0.25) is 9.59 Å². The molecule has 0 radical (unpaired) electrons. The first kappa shape index (κ1) is 22.7. The van der Waals surface area contributed by atoms with Gasteiger partial charge in [0.25, 0.3) is 10.9 Å². The van der Waals surface area contributed by atoms with E-state index in [1.807, 2.05) is 0 Å². The van der Waals surface area contributed by atoms with E-state index in [1.54, 1.807) is 6.07 Å². The minimum atomic E-state index is -4.83. The molecule has 0 saturated carbocycles. The molecule has 33 heavy (non-hydrogen) atoms. The topological polar surface area (TPSA) is 97.1 Å². The van der Waals surface area contributed by atoms with Crippen molar-refractivity contribution in [3.63, 3.8) is 0 Å². The van der Waals surface area contributed by atoms with Crippen LogP contribution in [-0.4, -0.2) is 10.1 Å². The van der Waals surface area contributed by atoms with Gasteiger partial charge in [0.2, 0.25) is 5.82 Å². The fourth-order valence-corrected chi connectivity index (χ4v) is 3.38. The average Bonchev–Trinajstić information content (AvgIpc) is 3.26. The third-order valence-electron chi connectivity index (χ3n) is 4.56. The number of benzene rings is 2. The van der Waals surface area contributed by atoms with Gasteiger partial charge in [0.15, 0.2) is 0 Å². The number of aromatic nitrogens is 2. The fourth-order valence-electron chi connectivity index (χ4n) is 2.89. The summed E-state index contributed by atoms with van der Waals surface area (Å²) in [5.74, 6) is -2.80. The maximum atomic E-state index is 14.5. The first-order valence-corrected chi connectivity index (χ1v) is 9.79. The number of rotatable bonds is 6. The molecule has 0 fully saturated rings. The maximum Gasteiger partial charge on any atom is 0.471 e. The molecule has 3 aromatic carbocycles.